The predicted octanol–water partition coefficient (Wildman–Crippen LogP) is 3.98. The molecule has 0 bridgehead atoms. The average Bonchev–Trinajstić information content (AvgIpc) is 3.03. The number of hydrogen-bond donors (Lipinski definition) is 2. The van der Waals surface area contributed by atoms with Gasteiger partial charge in [-0.05, 0) is 37.4 Å². The number of anilines is 2. The van der Waals surface area contributed by atoms with Crippen LogP contribution in [0.15, 0.2) is 24.4 Å². The number of nitrogens with one attached hydrogen (secondary N) is 1. The monoisotopic (exact) mass is 433 g/mol. The maximum Gasteiger partial charge on any atom is 0.146 e. The largest absolute Gasteiger partial charge is 0.396 e. The first-order valence-electron chi connectivity index (χ1n) is 10.9. The summed E-state index contributed by atoms with van der Waals surface area (Å²) in [4.78, 5) is 2.16. The van der Waals surface area contributed by atoms with Gasteiger partial charge < -0.3 is 20.7 Å². The molecule has 6 nitrogen and oxygen atoms in total. The maximum absolute atomic E-state index is 14.3. The van der Waals surface area contributed by atoms with E-state index in [9.17, 15) is 4.39 Å². The van der Waals surface area contributed by atoms with E-state index in [0.717, 1.165) is 55.5 Å². The van der Waals surface area contributed by atoms with Gasteiger partial charge in [0.1, 0.15) is 12.5 Å². The fourth-order valence-corrected chi connectivity index (χ4v) is 4.59. The molecule has 30 heavy (non-hydrogen) atoms. The van der Waals surface area contributed by atoms with E-state index < -0.39 is 8.07 Å². The third kappa shape index (κ3) is 6.06. The molecule has 1 saturated heterocycles. The van der Waals surface area contributed by atoms with Gasteiger partial charge in [0.2, 0.25) is 0 Å². The van der Waals surface area contributed by atoms with Crippen LogP contribution in [0, 0.1) is 12.7 Å². The Hall–Kier alpha value is -1.90. The minimum Gasteiger partial charge on any atom is -0.396 e. The van der Waals surface area contributed by atoms with Crippen molar-refractivity contribution in [1.29, 1.82) is 0 Å². The van der Waals surface area contributed by atoms with E-state index >= 15 is 0 Å². The number of nitrogens with two attached hydrogens (primary N) is 1. The summed E-state index contributed by atoms with van der Waals surface area (Å²) in [5.74, 6) is -0.132. The zero-order chi connectivity index (χ0) is 21.7. The van der Waals surface area contributed by atoms with E-state index in [4.69, 9.17) is 10.5 Å². The van der Waals surface area contributed by atoms with Crippen LogP contribution < -0.4 is 16.0 Å². The van der Waals surface area contributed by atoms with E-state index in [1.807, 2.05) is 17.7 Å². The minimum absolute atomic E-state index is 0.132. The van der Waals surface area contributed by atoms with Crippen LogP contribution in [0.3, 0.4) is 0 Å². The number of ether oxygens (including phenoxy) is 1. The van der Waals surface area contributed by atoms with E-state index in [1.165, 1.54) is 0 Å². The molecule has 3 N–H and O–H groups in total. The summed E-state index contributed by atoms with van der Waals surface area (Å²) in [5.41, 5.74) is 9.54. The van der Waals surface area contributed by atoms with Crippen molar-refractivity contribution in [2.24, 2.45) is 0 Å². The van der Waals surface area contributed by atoms with Gasteiger partial charge in [-0.15, -0.1) is 0 Å². The maximum atomic E-state index is 14.3. The van der Waals surface area contributed by atoms with Crippen LogP contribution in [-0.2, 0) is 18.0 Å². The van der Waals surface area contributed by atoms with Crippen molar-refractivity contribution < 1.29 is 9.13 Å². The number of aryl methyl sites for hydroxylation is 1. The number of piperidine rings is 1. The van der Waals surface area contributed by atoms with Crippen LogP contribution in [0.25, 0.3) is 0 Å². The van der Waals surface area contributed by atoms with Crippen LogP contribution in [-0.4, -0.2) is 43.6 Å². The molecule has 0 atom stereocenters. The summed E-state index contributed by atoms with van der Waals surface area (Å²) in [6.45, 7) is 12.5. The topological polar surface area (TPSA) is 68.3 Å². The third-order valence-corrected chi connectivity index (χ3v) is 7.45. The van der Waals surface area contributed by atoms with E-state index in [-0.39, 0.29) is 5.82 Å². The SMILES string of the molecule is Cc1cccc(F)c1N1CCC(NCc2c(N)cnn2COCC[Si](C)(C)C)CC1. The van der Waals surface area contributed by atoms with Crippen molar-refractivity contribution in [1.82, 2.24) is 15.1 Å². The molecule has 2 aromatic rings. The summed E-state index contributed by atoms with van der Waals surface area (Å²) in [6.07, 6.45) is 3.63. The van der Waals surface area contributed by atoms with Gasteiger partial charge in [0.25, 0.3) is 0 Å². The molecule has 0 amide bonds. The van der Waals surface area contributed by atoms with Gasteiger partial charge >= 0.3 is 0 Å². The Balaban J connectivity index is 1.48. The lowest BCUT2D eigenvalue weighted by atomic mass is 10.0. The van der Waals surface area contributed by atoms with Crippen molar-refractivity contribution in [3.63, 3.8) is 0 Å². The number of halogens is 1. The lowest BCUT2D eigenvalue weighted by Crippen LogP contribution is -2.43. The molecule has 0 aliphatic carbocycles. The highest BCUT2D eigenvalue weighted by Gasteiger charge is 2.23. The highest BCUT2D eigenvalue weighted by molar-refractivity contribution is 6.76. The predicted molar refractivity (Wildman–Crippen MR) is 124 cm³/mol. The Morgan fingerprint density at radius 3 is 2.67 bits per heavy atom. The molecule has 0 unspecified atom stereocenters. The highest BCUT2D eigenvalue weighted by atomic mass is 28.3. The lowest BCUT2D eigenvalue weighted by Gasteiger charge is -2.35. The van der Waals surface area contributed by atoms with E-state index in [1.54, 1.807) is 18.3 Å². The molecular weight excluding hydrogens is 397 g/mol. The molecule has 0 radical (unpaired) electrons. The fourth-order valence-electron chi connectivity index (χ4n) is 3.83. The highest BCUT2D eigenvalue weighted by Crippen LogP contribution is 2.27. The van der Waals surface area contributed by atoms with E-state index in [0.29, 0.717) is 25.0 Å². The average molecular weight is 434 g/mol. The van der Waals surface area contributed by atoms with Crippen molar-refractivity contribution in [2.45, 2.75) is 64.8 Å². The molecule has 1 fully saturated rings. The molecule has 8 heteroatoms. The second-order valence-electron chi connectivity index (χ2n) is 9.44. The van der Waals surface area contributed by atoms with Crippen LogP contribution in [0.1, 0.15) is 24.1 Å². The van der Waals surface area contributed by atoms with Gasteiger partial charge in [-0.25, -0.2) is 9.07 Å². The van der Waals surface area contributed by atoms with E-state index in [2.05, 4.69) is 35.0 Å². The smallest absolute Gasteiger partial charge is 0.146 e. The Morgan fingerprint density at radius 1 is 1.27 bits per heavy atom. The fraction of sp³-hybridized carbons (Fsp3) is 0.591. The van der Waals surface area contributed by atoms with Crippen LogP contribution in [0.4, 0.5) is 15.8 Å². The molecule has 1 aliphatic rings. The first kappa shape index (κ1) is 22.8. The zero-order valence-corrected chi connectivity index (χ0v) is 19.7. The number of nitrogen functional groups attached to an aromatic ring is 1. The van der Waals surface area contributed by atoms with Crippen molar-refractivity contribution in [3.8, 4) is 0 Å². The Morgan fingerprint density at radius 2 is 2.00 bits per heavy atom. The second kappa shape index (κ2) is 9.94. The Kier molecular flexibility index (Phi) is 7.54. The van der Waals surface area contributed by atoms with Gasteiger partial charge in [0.05, 0.1) is 23.3 Å². The number of para-hydroxylation sites is 1. The summed E-state index contributed by atoms with van der Waals surface area (Å²) in [6, 6.07) is 6.80. The van der Waals surface area contributed by atoms with Gasteiger partial charge in [0.15, 0.2) is 0 Å². The summed E-state index contributed by atoms with van der Waals surface area (Å²) in [5, 5.41) is 7.98. The van der Waals surface area contributed by atoms with Crippen LogP contribution in [0.2, 0.25) is 25.7 Å². The molecule has 0 saturated carbocycles. The number of benzene rings is 1. The number of aromatic nitrogens is 2. The summed E-state index contributed by atoms with van der Waals surface area (Å²) < 4.78 is 21.9. The third-order valence-electron chi connectivity index (χ3n) is 5.75. The minimum atomic E-state index is -1.10. The quantitative estimate of drug-likeness (QED) is 0.462. The first-order chi connectivity index (χ1) is 14.2. The zero-order valence-electron chi connectivity index (χ0n) is 18.7. The number of hydrogen-bond acceptors (Lipinski definition) is 5. The number of nitrogens with zero attached hydrogens (tertiary/aromatic N) is 3. The van der Waals surface area contributed by atoms with Gasteiger partial charge in [0, 0.05) is 40.4 Å². The van der Waals surface area contributed by atoms with Gasteiger partial charge in [-0.2, -0.15) is 5.10 Å². The molecular formula is C22H36FN5OSi. The molecule has 166 valence electrons. The molecule has 0 spiro atoms. The van der Waals surface area contributed by atoms with Crippen molar-refractivity contribution in [2.75, 3.05) is 30.3 Å². The van der Waals surface area contributed by atoms with Crippen molar-refractivity contribution >= 4 is 19.4 Å². The Labute approximate surface area is 180 Å². The standard InChI is InChI=1S/C22H36FN5OSi/c1-17-6-5-7-19(23)22(17)27-10-8-18(9-11-27)25-15-21-20(24)14-26-28(21)16-29-12-13-30(2,3)4/h5-7,14,18,25H,8-13,15-16,24H2,1-4H3. The summed E-state index contributed by atoms with van der Waals surface area (Å²) in [7, 11) is -1.10. The van der Waals surface area contributed by atoms with Crippen LogP contribution >= 0.6 is 0 Å². The first-order valence-corrected chi connectivity index (χ1v) is 14.6. The molecule has 2 heterocycles. The molecule has 3 rings (SSSR count). The normalized spacial score (nSPS) is 15.7. The van der Waals surface area contributed by atoms with Crippen molar-refractivity contribution in [3.05, 3.63) is 41.5 Å². The van der Waals surface area contributed by atoms with Gasteiger partial charge in [-0.3, -0.25) is 0 Å². The van der Waals surface area contributed by atoms with Gasteiger partial charge in [-0.1, -0.05) is 31.8 Å². The summed E-state index contributed by atoms with van der Waals surface area (Å²) >= 11 is 0. The lowest BCUT2D eigenvalue weighted by molar-refractivity contribution is 0.0761. The molecule has 1 aromatic carbocycles. The molecule has 1 aliphatic heterocycles. The second-order valence-corrected chi connectivity index (χ2v) is 15.1. The Bertz CT molecular complexity index is 807. The number of rotatable bonds is 9. The van der Waals surface area contributed by atoms with Crippen LogP contribution in [0.5, 0.6) is 0 Å². The molecule has 1 aromatic heterocycles.